The highest BCUT2D eigenvalue weighted by molar-refractivity contribution is 4.81. The normalized spacial score (nSPS) is 27.2. The second-order valence-corrected chi connectivity index (χ2v) is 4.63. The molecular weight excluding hydrogens is 188 g/mol. The van der Waals surface area contributed by atoms with Crippen molar-refractivity contribution >= 4 is 0 Å². The van der Waals surface area contributed by atoms with Gasteiger partial charge >= 0.3 is 0 Å². The molecule has 90 valence electrons. The van der Waals surface area contributed by atoms with E-state index in [0.717, 1.165) is 31.7 Å². The van der Waals surface area contributed by atoms with Gasteiger partial charge in [-0.05, 0) is 39.8 Å². The van der Waals surface area contributed by atoms with Gasteiger partial charge in [-0.3, -0.25) is 0 Å². The number of rotatable bonds is 6. The first-order valence-corrected chi connectivity index (χ1v) is 6.14. The molecule has 0 saturated heterocycles. The average molecular weight is 214 g/mol. The molecule has 0 spiro atoms. The van der Waals surface area contributed by atoms with E-state index in [1.807, 2.05) is 0 Å². The molecule has 2 unspecified atom stereocenters. The summed E-state index contributed by atoms with van der Waals surface area (Å²) in [5.41, 5.74) is 0. The molecule has 1 fully saturated rings. The van der Waals surface area contributed by atoms with Crippen molar-refractivity contribution in [2.75, 3.05) is 34.4 Å². The summed E-state index contributed by atoms with van der Waals surface area (Å²) in [5.74, 6) is 0. The molecule has 0 bridgehead atoms. The van der Waals surface area contributed by atoms with Crippen LogP contribution in [-0.2, 0) is 4.74 Å². The number of hydrogen-bond acceptors (Lipinski definition) is 3. The Labute approximate surface area is 94.2 Å². The SMILES string of the molecule is CNC1CCCC(N(C)CCCOC)C1. The first kappa shape index (κ1) is 12.9. The van der Waals surface area contributed by atoms with Crippen molar-refractivity contribution in [3.05, 3.63) is 0 Å². The molecule has 3 nitrogen and oxygen atoms in total. The summed E-state index contributed by atoms with van der Waals surface area (Å²) in [6.07, 6.45) is 6.53. The van der Waals surface area contributed by atoms with Crippen LogP contribution in [0.2, 0.25) is 0 Å². The molecule has 2 atom stereocenters. The van der Waals surface area contributed by atoms with Crippen molar-refractivity contribution in [2.45, 2.75) is 44.2 Å². The van der Waals surface area contributed by atoms with E-state index >= 15 is 0 Å². The third kappa shape index (κ3) is 4.49. The molecule has 0 aromatic heterocycles. The topological polar surface area (TPSA) is 24.5 Å². The summed E-state index contributed by atoms with van der Waals surface area (Å²) < 4.78 is 5.08. The van der Waals surface area contributed by atoms with Crippen LogP contribution in [0.4, 0.5) is 0 Å². The minimum absolute atomic E-state index is 0.730. The Kier molecular flexibility index (Phi) is 6.22. The molecule has 0 heterocycles. The molecule has 15 heavy (non-hydrogen) atoms. The molecule has 0 aromatic carbocycles. The number of ether oxygens (including phenoxy) is 1. The summed E-state index contributed by atoms with van der Waals surface area (Å²) in [5, 5.41) is 3.40. The van der Waals surface area contributed by atoms with Crippen LogP contribution < -0.4 is 5.32 Å². The zero-order valence-electron chi connectivity index (χ0n) is 10.5. The number of nitrogens with zero attached hydrogens (tertiary/aromatic N) is 1. The van der Waals surface area contributed by atoms with Crippen LogP contribution in [0.3, 0.4) is 0 Å². The molecule has 0 aliphatic heterocycles. The van der Waals surface area contributed by atoms with E-state index in [0.29, 0.717) is 0 Å². The minimum Gasteiger partial charge on any atom is -0.385 e. The summed E-state index contributed by atoms with van der Waals surface area (Å²) in [6.45, 7) is 2.04. The Morgan fingerprint density at radius 3 is 2.87 bits per heavy atom. The van der Waals surface area contributed by atoms with Crippen molar-refractivity contribution in [3.63, 3.8) is 0 Å². The predicted molar refractivity (Wildman–Crippen MR) is 64.2 cm³/mol. The van der Waals surface area contributed by atoms with Gasteiger partial charge in [-0.2, -0.15) is 0 Å². The Hall–Kier alpha value is -0.120. The van der Waals surface area contributed by atoms with Crippen molar-refractivity contribution in [2.24, 2.45) is 0 Å². The molecule has 0 radical (unpaired) electrons. The van der Waals surface area contributed by atoms with E-state index in [4.69, 9.17) is 4.74 Å². The zero-order chi connectivity index (χ0) is 11.1. The van der Waals surface area contributed by atoms with Crippen molar-refractivity contribution in [1.82, 2.24) is 10.2 Å². The predicted octanol–water partition coefficient (Wildman–Crippen LogP) is 1.49. The standard InChI is InChI=1S/C12H26N2O/c1-13-11-6-4-7-12(10-11)14(2)8-5-9-15-3/h11-13H,4-10H2,1-3H3. The van der Waals surface area contributed by atoms with Gasteiger partial charge in [0.1, 0.15) is 0 Å². The zero-order valence-corrected chi connectivity index (χ0v) is 10.5. The molecule has 0 amide bonds. The van der Waals surface area contributed by atoms with Gasteiger partial charge in [0, 0.05) is 32.3 Å². The highest BCUT2D eigenvalue weighted by atomic mass is 16.5. The van der Waals surface area contributed by atoms with E-state index < -0.39 is 0 Å². The van der Waals surface area contributed by atoms with Crippen LogP contribution in [0.15, 0.2) is 0 Å². The van der Waals surface area contributed by atoms with Gasteiger partial charge in [-0.25, -0.2) is 0 Å². The quantitative estimate of drug-likeness (QED) is 0.678. The van der Waals surface area contributed by atoms with Gasteiger partial charge in [0.2, 0.25) is 0 Å². The first-order valence-electron chi connectivity index (χ1n) is 6.14. The summed E-state index contributed by atoms with van der Waals surface area (Å²) in [4.78, 5) is 2.50. The second kappa shape index (κ2) is 7.20. The molecule has 1 rings (SSSR count). The van der Waals surface area contributed by atoms with Crippen molar-refractivity contribution < 1.29 is 4.74 Å². The summed E-state index contributed by atoms with van der Waals surface area (Å²) in [7, 11) is 6.11. The Balaban J connectivity index is 2.22. The van der Waals surface area contributed by atoms with Crippen molar-refractivity contribution in [3.8, 4) is 0 Å². The molecule has 1 aliphatic carbocycles. The third-order valence-corrected chi connectivity index (χ3v) is 3.54. The van der Waals surface area contributed by atoms with Crippen LogP contribution in [-0.4, -0.2) is 51.3 Å². The molecule has 0 aromatic rings. The Morgan fingerprint density at radius 1 is 1.40 bits per heavy atom. The van der Waals surface area contributed by atoms with E-state index in [1.54, 1.807) is 7.11 Å². The van der Waals surface area contributed by atoms with E-state index in [2.05, 4.69) is 24.3 Å². The van der Waals surface area contributed by atoms with Crippen molar-refractivity contribution in [1.29, 1.82) is 0 Å². The molecule has 1 saturated carbocycles. The van der Waals surface area contributed by atoms with Crippen LogP contribution in [0.1, 0.15) is 32.1 Å². The van der Waals surface area contributed by atoms with Crippen LogP contribution >= 0.6 is 0 Å². The molecule has 1 aliphatic rings. The van der Waals surface area contributed by atoms with Gasteiger partial charge < -0.3 is 15.0 Å². The highest BCUT2D eigenvalue weighted by Crippen LogP contribution is 2.22. The fraction of sp³-hybridized carbons (Fsp3) is 1.00. The number of hydrogen-bond donors (Lipinski definition) is 1. The fourth-order valence-corrected chi connectivity index (χ4v) is 2.47. The van der Waals surface area contributed by atoms with Gasteiger partial charge in [-0.1, -0.05) is 6.42 Å². The molecule has 3 heteroatoms. The lowest BCUT2D eigenvalue weighted by Crippen LogP contribution is -2.42. The smallest absolute Gasteiger partial charge is 0.0474 e. The lowest BCUT2D eigenvalue weighted by molar-refractivity contribution is 0.141. The minimum atomic E-state index is 0.730. The molecular formula is C12H26N2O. The third-order valence-electron chi connectivity index (χ3n) is 3.54. The van der Waals surface area contributed by atoms with Gasteiger partial charge in [0.05, 0.1) is 0 Å². The largest absolute Gasteiger partial charge is 0.385 e. The van der Waals surface area contributed by atoms with Gasteiger partial charge in [0.15, 0.2) is 0 Å². The number of nitrogens with one attached hydrogen (secondary N) is 1. The van der Waals surface area contributed by atoms with E-state index in [1.165, 1.54) is 25.7 Å². The van der Waals surface area contributed by atoms with Gasteiger partial charge in [0.25, 0.3) is 0 Å². The maximum Gasteiger partial charge on any atom is 0.0474 e. The monoisotopic (exact) mass is 214 g/mol. The van der Waals surface area contributed by atoms with Crippen LogP contribution in [0.5, 0.6) is 0 Å². The van der Waals surface area contributed by atoms with Crippen LogP contribution in [0, 0.1) is 0 Å². The maximum absolute atomic E-state index is 5.08. The van der Waals surface area contributed by atoms with Gasteiger partial charge in [-0.15, -0.1) is 0 Å². The number of methoxy groups -OCH3 is 1. The van der Waals surface area contributed by atoms with E-state index in [9.17, 15) is 0 Å². The summed E-state index contributed by atoms with van der Waals surface area (Å²) in [6, 6.07) is 1.50. The lowest BCUT2D eigenvalue weighted by Gasteiger charge is -2.35. The lowest BCUT2D eigenvalue weighted by atomic mass is 9.90. The first-order chi connectivity index (χ1) is 7.27. The average Bonchev–Trinajstić information content (AvgIpc) is 2.29. The Bertz CT molecular complexity index is 164. The highest BCUT2D eigenvalue weighted by Gasteiger charge is 2.23. The Morgan fingerprint density at radius 2 is 2.20 bits per heavy atom. The van der Waals surface area contributed by atoms with Crippen LogP contribution in [0.25, 0.3) is 0 Å². The maximum atomic E-state index is 5.08. The fourth-order valence-electron chi connectivity index (χ4n) is 2.47. The summed E-state index contributed by atoms with van der Waals surface area (Å²) >= 11 is 0. The molecule has 1 N–H and O–H groups in total. The van der Waals surface area contributed by atoms with E-state index in [-0.39, 0.29) is 0 Å². The second-order valence-electron chi connectivity index (χ2n) is 4.63.